The highest BCUT2D eigenvalue weighted by Crippen LogP contribution is 2.30. The van der Waals surface area contributed by atoms with Crippen molar-refractivity contribution in [1.82, 2.24) is 5.32 Å². The van der Waals surface area contributed by atoms with E-state index in [1.54, 1.807) is 11.1 Å². The van der Waals surface area contributed by atoms with Gasteiger partial charge in [-0.05, 0) is 55.2 Å². The lowest BCUT2D eigenvalue weighted by Crippen LogP contribution is -2.26. The summed E-state index contributed by atoms with van der Waals surface area (Å²) in [6.45, 7) is 8.33. The van der Waals surface area contributed by atoms with Crippen LogP contribution in [0.25, 0.3) is 0 Å². The molecule has 0 aromatic heterocycles. The molecule has 2 heteroatoms. The third-order valence-corrected chi connectivity index (χ3v) is 3.98. The molecule has 0 bridgehead atoms. The highest BCUT2D eigenvalue weighted by molar-refractivity contribution is 5.32. The van der Waals surface area contributed by atoms with Gasteiger partial charge in [0.25, 0.3) is 0 Å². The molecule has 20 heavy (non-hydrogen) atoms. The Morgan fingerprint density at radius 3 is 3.00 bits per heavy atom. The summed E-state index contributed by atoms with van der Waals surface area (Å²) in [6.07, 6.45) is 5.03. The second-order valence-corrected chi connectivity index (χ2v) is 6.31. The molecule has 1 aliphatic rings. The summed E-state index contributed by atoms with van der Waals surface area (Å²) in [6, 6.07) is 8.95. The average molecular weight is 275 g/mol. The number of aryl methyl sites for hydroxylation is 1. The largest absolute Gasteiger partial charge is 0.381 e. The van der Waals surface area contributed by atoms with E-state index in [2.05, 4.69) is 43.4 Å². The lowest BCUT2D eigenvalue weighted by molar-refractivity contribution is 0.108. The molecule has 0 aliphatic heterocycles. The SMILES string of the molecule is CC(C)COCCCNCC1CCCc2ccccc21. The molecular formula is C18H29NO. The predicted molar refractivity (Wildman–Crippen MR) is 85.3 cm³/mol. The van der Waals surface area contributed by atoms with Crippen LogP contribution in [0.4, 0.5) is 0 Å². The van der Waals surface area contributed by atoms with Gasteiger partial charge in [0.15, 0.2) is 0 Å². The molecule has 0 radical (unpaired) electrons. The fourth-order valence-corrected chi connectivity index (χ4v) is 2.96. The molecule has 1 atom stereocenters. The molecule has 1 unspecified atom stereocenters. The van der Waals surface area contributed by atoms with E-state index in [0.717, 1.165) is 32.7 Å². The van der Waals surface area contributed by atoms with Crippen LogP contribution in [-0.4, -0.2) is 26.3 Å². The van der Waals surface area contributed by atoms with Crippen molar-refractivity contribution in [2.75, 3.05) is 26.3 Å². The van der Waals surface area contributed by atoms with Crippen LogP contribution in [0.3, 0.4) is 0 Å². The molecule has 0 saturated carbocycles. The maximum atomic E-state index is 5.60. The predicted octanol–water partition coefficient (Wildman–Crippen LogP) is 3.76. The number of benzene rings is 1. The van der Waals surface area contributed by atoms with Crippen LogP contribution in [0, 0.1) is 5.92 Å². The molecular weight excluding hydrogens is 246 g/mol. The van der Waals surface area contributed by atoms with Gasteiger partial charge >= 0.3 is 0 Å². The fourth-order valence-electron chi connectivity index (χ4n) is 2.96. The van der Waals surface area contributed by atoms with Crippen LogP contribution >= 0.6 is 0 Å². The standard InChI is InChI=1S/C18H29NO/c1-15(2)14-20-12-6-11-19-13-17-9-5-8-16-7-3-4-10-18(16)17/h3-4,7,10,15,17,19H,5-6,8-9,11-14H2,1-2H3. The summed E-state index contributed by atoms with van der Waals surface area (Å²) in [4.78, 5) is 0. The fraction of sp³-hybridized carbons (Fsp3) is 0.667. The highest BCUT2D eigenvalue weighted by atomic mass is 16.5. The second-order valence-electron chi connectivity index (χ2n) is 6.31. The van der Waals surface area contributed by atoms with Crippen LogP contribution in [0.5, 0.6) is 0 Å². The molecule has 2 nitrogen and oxygen atoms in total. The summed E-state index contributed by atoms with van der Waals surface area (Å²) >= 11 is 0. The molecule has 0 saturated heterocycles. The van der Waals surface area contributed by atoms with Crippen molar-refractivity contribution in [1.29, 1.82) is 0 Å². The van der Waals surface area contributed by atoms with Gasteiger partial charge in [-0.3, -0.25) is 0 Å². The van der Waals surface area contributed by atoms with Crippen molar-refractivity contribution < 1.29 is 4.74 Å². The van der Waals surface area contributed by atoms with Gasteiger partial charge in [0, 0.05) is 19.8 Å². The molecule has 0 fully saturated rings. The first-order chi connectivity index (χ1) is 9.77. The zero-order chi connectivity index (χ0) is 14.2. The Labute approximate surface area is 123 Å². The summed E-state index contributed by atoms with van der Waals surface area (Å²) < 4.78 is 5.60. The normalized spacial score (nSPS) is 18.2. The van der Waals surface area contributed by atoms with Crippen molar-refractivity contribution >= 4 is 0 Å². The van der Waals surface area contributed by atoms with Crippen molar-refractivity contribution in [3.63, 3.8) is 0 Å². The van der Waals surface area contributed by atoms with E-state index in [1.807, 2.05) is 0 Å². The van der Waals surface area contributed by atoms with Crippen LogP contribution in [-0.2, 0) is 11.2 Å². The first kappa shape index (κ1) is 15.5. The zero-order valence-electron chi connectivity index (χ0n) is 13.0. The van der Waals surface area contributed by atoms with Crippen LogP contribution < -0.4 is 5.32 Å². The minimum absolute atomic E-state index is 0.640. The minimum atomic E-state index is 0.640. The van der Waals surface area contributed by atoms with Gasteiger partial charge < -0.3 is 10.1 Å². The Balaban J connectivity index is 1.63. The van der Waals surface area contributed by atoms with Gasteiger partial charge in [0.2, 0.25) is 0 Å². The topological polar surface area (TPSA) is 21.3 Å². The molecule has 1 aromatic rings. The molecule has 1 N–H and O–H groups in total. The number of hydrogen-bond donors (Lipinski definition) is 1. The van der Waals surface area contributed by atoms with Gasteiger partial charge in [-0.2, -0.15) is 0 Å². The van der Waals surface area contributed by atoms with E-state index < -0.39 is 0 Å². The monoisotopic (exact) mass is 275 g/mol. The summed E-state index contributed by atoms with van der Waals surface area (Å²) in [5.41, 5.74) is 3.13. The van der Waals surface area contributed by atoms with E-state index >= 15 is 0 Å². The van der Waals surface area contributed by atoms with E-state index in [9.17, 15) is 0 Å². The lowest BCUT2D eigenvalue weighted by atomic mass is 9.83. The van der Waals surface area contributed by atoms with E-state index in [-0.39, 0.29) is 0 Å². The van der Waals surface area contributed by atoms with Gasteiger partial charge in [-0.15, -0.1) is 0 Å². The second kappa shape index (κ2) is 8.43. The summed E-state index contributed by atoms with van der Waals surface area (Å²) in [5.74, 6) is 1.35. The Morgan fingerprint density at radius 2 is 2.15 bits per heavy atom. The highest BCUT2D eigenvalue weighted by Gasteiger charge is 2.18. The molecule has 1 aliphatic carbocycles. The van der Waals surface area contributed by atoms with Crippen LogP contribution in [0.2, 0.25) is 0 Å². The Hall–Kier alpha value is -0.860. The number of fused-ring (bicyclic) bond motifs is 1. The lowest BCUT2D eigenvalue weighted by Gasteiger charge is -2.25. The van der Waals surface area contributed by atoms with Crippen molar-refractivity contribution in [3.8, 4) is 0 Å². The third-order valence-electron chi connectivity index (χ3n) is 3.98. The first-order valence-electron chi connectivity index (χ1n) is 8.13. The molecule has 1 aromatic carbocycles. The van der Waals surface area contributed by atoms with Crippen molar-refractivity contribution in [2.45, 2.75) is 45.4 Å². The van der Waals surface area contributed by atoms with Gasteiger partial charge in [-0.1, -0.05) is 38.1 Å². The molecule has 0 heterocycles. The molecule has 2 rings (SSSR count). The minimum Gasteiger partial charge on any atom is -0.381 e. The van der Waals surface area contributed by atoms with Crippen molar-refractivity contribution in [3.05, 3.63) is 35.4 Å². The Morgan fingerprint density at radius 1 is 1.30 bits per heavy atom. The third kappa shape index (κ3) is 4.92. The first-order valence-corrected chi connectivity index (χ1v) is 8.13. The average Bonchev–Trinajstić information content (AvgIpc) is 2.46. The van der Waals surface area contributed by atoms with Gasteiger partial charge in [0.05, 0.1) is 0 Å². The van der Waals surface area contributed by atoms with Gasteiger partial charge in [0.1, 0.15) is 0 Å². The zero-order valence-corrected chi connectivity index (χ0v) is 13.0. The van der Waals surface area contributed by atoms with Gasteiger partial charge in [-0.25, -0.2) is 0 Å². The van der Waals surface area contributed by atoms with Crippen LogP contribution in [0.15, 0.2) is 24.3 Å². The maximum absolute atomic E-state index is 5.60. The number of ether oxygens (including phenoxy) is 1. The number of nitrogens with one attached hydrogen (secondary N) is 1. The maximum Gasteiger partial charge on any atom is 0.0489 e. The smallest absolute Gasteiger partial charge is 0.0489 e. The quantitative estimate of drug-likeness (QED) is 0.729. The Kier molecular flexibility index (Phi) is 6.55. The molecule has 112 valence electrons. The Bertz CT molecular complexity index is 389. The summed E-state index contributed by atoms with van der Waals surface area (Å²) in [5, 5.41) is 3.60. The van der Waals surface area contributed by atoms with Crippen molar-refractivity contribution in [2.24, 2.45) is 5.92 Å². The van der Waals surface area contributed by atoms with Crippen LogP contribution in [0.1, 0.15) is 50.2 Å². The number of rotatable bonds is 8. The summed E-state index contributed by atoms with van der Waals surface area (Å²) in [7, 11) is 0. The molecule has 0 amide bonds. The molecule has 0 spiro atoms. The number of hydrogen-bond acceptors (Lipinski definition) is 2. The van der Waals surface area contributed by atoms with E-state index in [4.69, 9.17) is 4.74 Å². The van der Waals surface area contributed by atoms with E-state index in [1.165, 1.54) is 19.3 Å². The van der Waals surface area contributed by atoms with E-state index in [0.29, 0.717) is 11.8 Å².